The van der Waals surface area contributed by atoms with E-state index in [2.05, 4.69) is 25.7 Å². The minimum atomic E-state index is -0.475. The highest BCUT2D eigenvalue weighted by atomic mass is 35.5. The lowest BCUT2D eigenvalue weighted by Crippen LogP contribution is -2.35. The third-order valence-electron chi connectivity index (χ3n) is 3.97. The fourth-order valence-electron chi connectivity index (χ4n) is 2.36. The second kappa shape index (κ2) is 9.38. The van der Waals surface area contributed by atoms with Crippen LogP contribution in [0.1, 0.15) is 58.1 Å². The summed E-state index contributed by atoms with van der Waals surface area (Å²) < 4.78 is 0. The number of aliphatic hydroxyl groups is 1. The van der Waals surface area contributed by atoms with Crippen molar-refractivity contribution in [3.05, 3.63) is 34.9 Å². The van der Waals surface area contributed by atoms with E-state index in [1.54, 1.807) is 0 Å². The molecule has 0 aliphatic carbocycles. The first-order valence-corrected chi connectivity index (χ1v) is 8.14. The summed E-state index contributed by atoms with van der Waals surface area (Å²) in [6.07, 6.45) is 3.83. The Hall–Kier alpha value is -0.570. The molecule has 1 rings (SSSR count). The van der Waals surface area contributed by atoms with Crippen molar-refractivity contribution in [3.8, 4) is 0 Å². The van der Waals surface area contributed by atoms with E-state index in [1.807, 2.05) is 24.3 Å². The Balaban J connectivity index is 2.55. The van der Waals surface area contributed by atoms with Gasteiger partial charge in [0.1, 0.15) is 0 Å². The molecule has 114 valence electrons. The average molecular weight is 298 g/mol. The monoisotopic (exact) mass is 297 g/mol. The number of benzene rings is 1. The van der Waals surface area contributed by atoms with Crippen molar-refractivity contribution in [2.75, 3.05) is 13.1 Å². The van der Waals surface area contributed by atoms with Gasteiger partial charge < -0.3 is 10.0 Å². The lowest BCUT2D eigenvalue weighted by atomic mass is 10.1. The van der Waals surface area contributed by atoms with Gasteiger partial charge in [-0.15, -0.1) is 0 Å². The molecule has 0 saturated carbocycles. The van der Waals surface area contributed by atoms with Crippen molar-refractivity contribution in [2.24, 2.45) is 0 Å². The Bertz CT molecular complexity index is 383. The highest BCUT2D eigenvalue weighted by Gasteiger charge is 2.16. The molecule has 0 aliphatic heterocycles. The number of rotatable bonds is 9. The van der Waals surface area contributed by atoms with E-state index in [0.29, 0.717) is 11.1 Å². The van der Waals surface area contributed by atoms with Crippen molar-refractivity contribution in [1.29, 1.82) is 0 Å². The molecule has 2 nitrogen and oxygen atoms in total. The van der Waals surface area contributed by atoms with E-state index in [4.69, 9.17) is 11.6 Å². The fourth-order valence-corrected chi connectivity index (χ4v) is 2.62. The van der Waals surface area contributed by atoms with E-state index in [-0.39, 0.29) is 0 Å². The van der Waals surface area contributed by atoms with Crippen molar-refractivity contribution < 1.29 is 5.11 Å². The summed E-state index contributed by atoms with van der Waals surface area (Å²) in [6, 6.07) is 8.13. The summed E-state index contributed by atoms with van der Waals surface area (Å²) in [5.74, 6) is 0. The van der Waals surface area contributed by atoms with Gasteiger partial charge in [-0.1, -0.05) is 50.1 Å². The van der Waals surface area contributed by atoms with Gasteiger partial charge in [0.05, 0.1) is 6.10 Å². The topological polar surface area (TPSA) is 23.5 Å². The van der Waals surface area contributed by atoms with Gasteiger partial charge in [-0.3, -0.25) is 0 Å². The summed E-state index contributed by atoms with van der Waals surface area (Å²) in [5.41, 5.74) is 0.841. The Kier molecular flexibility index (Phi) is 8.20. The van der Waals surface area contributed by atoms with Crippen LogP contribution < -0.4 is 0 Å². The van der Waals surface area contributed by atoms with Crippen LogP contribution in [0.15, 0.2) is 24.3 Å². The van der Waals surface area contributed by atoms with E-state index < -0.39 is 6.10 Å². The van der Waals surface area contributed by atoms with E-state index in [1.165, 1.54) is 12.8 Å². The van der Waals surface area contributed by atoms with Gasteiger partial charge >= 0.3 is 0 Å². The number of nitrogens with zero attached hydrogens (tertiary/aromatic N) is 1. The molecule has 1 aromatic carbocycles. The van der Waals surface area contributed by atoms with Crippen LogP contribution in [-0.2, 0) is 0 Å². The maximum absolute atomic E-state index is 10.3. The van der Waals surface area contributed by atoms with Crippen LogP contribution in [-0.4, -0.2) is 29.1 Å². The van der Waals surface area contributed by atoms with Crippen LogP contribution in [0.25, 0.3) is 0 Å². The van der Waals surface area contributed by atoms with Gasteiger partial charge in [0, 0.05) is 17.6 Å². The molecule has 0 bridgehead atoms. The molecule has 0 aromatic heterocycles. The fraction of sp³-hybridized carbons (Fsp3) is 0.647. The van der Waals surface area contributed by atoms with Gasteiger partial charge in [0.2, 0.25) is 0 Å². The largest absolute Gasteiger partial charge is 0.388 e. The normalized spacial score (nSPS) is 14.5. The Labute approximate surface area is 128 Å². The summed E-state index contributed by atoms with van der Waals surface area (Å²) in [5, 5.41) is 11.0. The van der Waals surface area contributed by atoms with Gasteiger partial charge in [-0.05, 0) is 44.4 Å². The van der Waals surface area contributed by atoms with E-state index in [9.17, 15) is 5.11 Å². The highest BCUT2D eigenvalue weighted by molar-refractivity contribution is 6.31. The van der Waals surface area contributed by atoms with E-state index >= 15 is 0 Å². The lowest BCUT2D eigenvalue weighted by molar-refractivity contribution is 0.124. The minimum Gasteiger partial charge on any atom is -0.388 e. The predicted molar refractivity (Wildman–Crippen MR) is 87.3 cm³/mol. The lowest BCUT2D eigenvalue weighted by Gasteiger charge is -2.29. The molecule has 1 aromatic rings. The summed E-state index contributed by atoms with van der Waals surface area (Å²) in [7, 11) is 0. The molecule has 0 fully saturated rings. The predicted octanol–water partition coefficient (Wildman–Crippen LogP) is 4.66. The third-order valence-corrected chi connectivity index (χ3v) is 4.31. The molecular weight excluding hydrogens is 270 g/mol. The first-order chi connectivity index (χ1) is 9.60. The molecule has 20 heavy (non-hydrogen) atoms. The Morgan fingerprint density at radius 3 is 2.50 bits per heavy atom. The van der Waals surface area contributed by atoms with Crippen molar-refractivity contribution >= 4 is 11.6 Å². The molecule has 1 N–H and O–H groups in total. The molecule has 3 heteroatoms. The first-order valence-electron chi connectivity index (χ1n) is 7.76. The van der Waals surface area contributed by atoms with Crippen molar-refractivity contribution in [3.63, 3.8) is 0 Å². The summed E-state index contributed by atoms with van der Waals surface area (Å²) in [6.45, 7) is 8.72. The maximum atomic E-state index is 10.3. The van der Waals surface area contributed by atoms with Gasteiger partial charge in [-0.2, -0.15) is 0 Å². The highest BCUT2D eigenvalue weighted by Crippen LogP contribution is 2.25. The van der Waals surface area contributed by atoms with Crippen LogP contribution in [0.5, 0.6) is 0 Å². The molecule has 0 spiro atoms. The number of aliphatic hydroxyl groups excluding tert-OH is 1. The molecule has 0 radical (unpaired) electrons. The summed E-state index contributed by atoms with van der Waals surface area (Å²) in [4.78, 5) is 2.48. The van der Waals surface area contributed by atoms with Crippen LogP contribution in [0, 0.1) is 0 Å². The molecular formula is C17H28ClNO. The smallest absolute Gasteiger partial charge is 0.0816 e. The quantitative estimate of drug-likeness (QED) is 0.716. The zero-order valence-corrected chi connectivity index (χ0v) is 13.7. The molecule has 0 aliphatic rings. The minimum absolute atomic E-state index is 0.475. The Morgan fingerprint density at radius 1 is 1.20 bits per heavy atom. The number of halogens is 1. The second-order valence-electron chi connectivity index (χ2n) is 5.47. The standard InChI is InChI=1S/C17H28ClNO/c1-4-6-12-19(14(3)5-2)13-11-17(20)15-9-7-8-10-16(15)18/h7-10,14,17,20H,4-6,11-13H2,1-3H3. The maximum Gasteiger partial charge on any atom is 0.0816 e. The van der Waals surface area contributed by atoms with Gasteiger partial charge in [-0.25, -0.2) is 0 Å². The van der Waals surface area contributed by atoms with E-state index in [0.717, 1.165) is 31.5 Å². The SMILES string of the molecule is CCCCN(CCC(O)c1ccccc1Cl)C(C)CC. The zero-order valence-electron chi connectivity index (χ0n) is 13.0. The first kappa shape index (κ1) is 17.5. The van der Waals surface area contributed by atoms with Gasteiger partial charge in [0.25, 0.3) is 0 Å². The molecule has 0 heterocycles. The molecule has 2 atom stereocenters. The number of unbranched alkanes of at least 4 members (excludes halogenated alkanes) is 1. The molecule has 0 amide bonds. The third kappa shape index (κ3) is 5.43. The average Bonchev–Trinajstić information content (AvgIpc) is 2.46. The number of hydrogen-bond acceptors (Lipinski definition) is 2. The van der Waals surface area contributed by atoms with Crippen LogP contribution in [0.2, 0.25) is 5.02 Å². The zero-order chi connectivity index (χ0) is 15.0. The Morgan fingerprint density at radius 2 is 1.90 bits per heavy atom. The summed E-state index contributed by atoms with van der Waals surface area (Å²) >= 11 is 6.13. The molecule has 0 saturated heterocycles. The van der Waals surface area contributed by atoms with Crippen molar-refractivity contribution in [1.82, 2.24) is 4.90 Å². The van der Waals surface area contributed by atoms with Crippen LogP contribution in [0.4, 0.5) is 0 Å². The van der Waals surface area contributed by atoms with Crippen molar-refractivity contribution in [2.45, 2.75) is 58.6 Å². The molecule has 2 unspecified atom stereocenters. The number of hydrogen-bond donors (Lipinski definition) is 1. The second-order valence-corrected chi connectivity index (χ2v) is 5.88. The van der Waals surface area contributed by atoms with Crippen LogP contribution in [0.3, 0.4) is 0 Å². The van der Waals surface area contributed by atoms with Crippen LogP contribution >= 0.6 is 11.6 Å². The van der Waals surface area contributed by atoms with Gasteiger partial charge in [0.15, 0.2) is 0 Å².